The standard InChI is InChI=1S/C16H23N2O3/c1-12(2)8-18-9-14(15(19)10-18)17-16(20)21-11-13-6-4-3-5-7-13/h3-7,14-15,19H,8-11H2,1-2H3,(H,17,20)/t14-,15-/m0/s1. The van der Waals surface area contributed by atoms with Gasteiger partial charge in [0, 0.05) is 19.6 Å². The Morgan fingerprint density at radius 2 is 2.05 bits per heavy atom. The minimum Gasteiger partial charge on any atom is -0.445 e. The van der Waals surface area contributed by atoms with Crippen LogP contribution in [0.1, 0.15) is 19.4 Å². The Bertz CT molecular complexity index is 450. The number of carbonyl (C=O) groups is 1. The summed E-state index contributed by atoms with van der Waals surface area (Å²) in [6.45, 7) is 6.42. The third-order valence-electron chi connectivity index (χ3n) is 3.42. The number of alkyl carbamates (subject to hydrolysis) is 1. The molecular formula is C16H23N2O3. The van der Waals surface area contributed by atoms with Crippen molar-refractivity contribution >= 4 is 6.09 Å². The molecule has 21 heavy (non-hydrogen) atoms. The number of nitrogens with one attached hydrogen (secondary N) is 1. The quantitative estimate of drug-likeness (QED) is 0.864. The molecular weight excluding hydrogens is 268 g/mol. The maximum atomic E-state index is 11.8. The van der Waals surface area contributed by atoms with Gasteiger partial charge in [0.25, 0.3) is 0 Å². The molecule has 5 nitrogen and oxygen atoms in total. The average molecular weight is 291 g/mol. The molecule has 1 radical (unpaired) electrons. The molecule has 1 fully saturated rings. The molecule has 0 saturated carbocycles. The van der Waals surface area contributed by atoms with Crippen molar-refractivity contribution in [3.8, 4) is 0 Å². The highest BCUT2D eigenvalue weighted by atomic mass is 16.5. The number of nitrogens with zero attached hydrogens (tertiary/aromatic N) is 1. The molecule has 0 spiro atoms. The van der Waals surface area contributed by atoms with Crippen LogP contribution in [0, 0.1) is 5.92 Å². The highest BCUT2D eigenvalue weighted by Crippen LogP contribution is 2.13. The molecule has 1 amide bonds. The topological polar surface area (TPSA) is 61.8 Å². The van der Waals surface area contributed by atoms with E-state index in [0.29, 0.717) is 13.1 Å². The summed E-state index contributed by atoms with van der Waals surface area (Å²) in [7, 11) is 0. The third-order valence-corrected chi connectivity index (χ3v) is 3.42. The number of amides is 1. The minimum atomic E-state index is -0.548. The van der Waals surface area contributed by atoms with Crippen LogP contribution in [0.2, 0.25) is 0 Å². The lowest BCUT2D eigenvalue weighted by Gasteiger charge is -2.17. The van der Waals surface area contributed by atoms with Crippen LogP contribution in [0.3, 0.4) is 0 Å². The fourth-order valence-corrected chi connectivity index (χ4v) is 2.50. The predicted molar refractivity (Wildman–Crippen MR) is 80.6 cm³/mol. The zero-order valence-electron chi connectivity index (χ0n) is 12.6. The van der Waals surface area contributed by atoms with Gasteiger partial charge in [0.15, 0.2) is 0 Å². The van der Waals surface area contributed by atoms with E-state index in [-0.39, 0.29) is 12.6 Å². The summed E-state index contributed by atoms with van der Waals surface area (Å²) in [5.74, 6) is 1.29. The number of carbonyl (C=O) groups excluding carboxylic acids is 1. The van der Waals surface area contributed by atoms with Crippen molar-refractivity contribution in [2.24, 2.45) is 0 Å². The van der Waals surface area contributed by atoms with Crippen LogP contribution in [-0.4, -0.2) is 47.9 Å². The molecule has 5 heteroatoms. The van der Waals surface area contributed by atoms with Crippen molar-refractivity contribution in [3.05, 3.63) is 41.8 Å². The van der Waals surface area contributed by atoms with Crippen molar-refractivity contribution in [1.29, 1.82) is 0 Å². The molecule has 2 rings (SSSR count). The summed E-state index contributed by atoms with van der Waals surface area (Å²) in [5, 5.41) is 12.7. The van der Waals surface area contributed by atoms with Crippen LogP contribution in [0.5, 0.6) is 0 Å². The number of benzene rings is 1. The first-order valence-corrected chi connectivity index (χ1v) is 7.21. The number of aliphatic hydroxyl groups excluding tert-OH is 1. The Labute approximate surface area is 125 Å². The Kier molecular flexibility index (Phi) is 5.59. The molecule has 1 aromatic rings. The van der Waals surface area contributed by atoms with Crippen LogP contribution >= 0.6 is 0 Å². The van der Waals surface area contributed by atoms with E-state index in [9.17, 15) is 9.90 Å². The monoisotopic (exact) mass is 291 g/mol. The predicted octanol–water partition coefficient (Wildman–Crippen LogP) is 1.57. The molecule has 1 aromatic carbocycles. The number of rotatable bonds is 5. The summed E-state index contributed by atoms with van der Waals surface area (Å²) in [6, 6.07) is 9.25. The van der Waals surface area contributed by atoms with Crippen molar-refractivity contribution in [3.63, 3.8) is 0 Å². The average Bonchev–Trinajstić information content (AvgIpc) is 2.76. The van der Waals surface area contributed by atoms with E-state index in [1.807, 2.05) is 30.3 Å². The number of β-amino-alcohol motifs (C(OH)–C–C–N with tert-alkyl or cyclic N) is 1. The molecule has 2 N–H and O–H groups in total. The Balaban J connectivity index is 1.75. The highest BCUT2D eigenvalue weighted by Gasteiger charge is 2.32. The minimum absolute atomic E-state index is 0.237. The van der Waals surface area contributed by atoms with E-state index in [1.165, 1.54) is 5.92 Å². The van der Waals surface area contributed by atoms with E-state index in [0.717, 1.165) is 12.1 Å². The maximum Gasteiger partial charge on any atom is 0.407 e. The Hall–Kier alpha value is -1.59. The van der Waals surface area contributed by atoms with E-state index in [1.54, 1.807) is 0 Å². The van der Waals surface area contributed by atoms with E-state index in [2.05, 4.69) is 24.1 Å². The summed E-state index contributed by atoms with van der Waals surface area (Å²) >= 11 is 0. The lowest BCUT2D eigenvalue weighted by molar-refractivity contribution is 0.117. The highest BCUT2D eigenvalue weighted by molar-refractivity contribution is 5.67. The van der Waals surface area contributed by atoms with Gasteiger partial charge in [0.2, 0.25) is 0 Å². The first-order valence-electron chi connectivity index (χ1n) is 7.21. The van der Waals surface area contributed by atoms with Gasteiger partial charge in [-0.25, -0.2) is 4.79 Å². The summed E-state index contributed by atoms with van der Waals surface area (Å²) < 4.78 is 5.17. The number of likely N-dealkylation sites (tertiary alicyclic amines) is 1. The smallest absolute Gasteiger partial charge is 0.407 e. The van der Waals surface area contributed by atoms with Gasteiger partial charge in [0.1, 0.15) is 6.61 Å². The lowest BCUT2D eigenvalue weighted by Crippen LogP contribution is -2.43. The fraction of sp³-hybridized carbons (Fsp3) is 0.500. The van der Waals surface area contributed by atoms with Gasteiger partial charge in [-0.15, -0.1) is 0 Å². The van der Waals surface area contributed by atoms with Gasteiger partial charge in [0.05, 0.1) is 12.1 Å². The Morgan fingerprint density at radius 1 is 1.33 bits per heavy atom. The van der Waals surface area contributed by atoms with E-state index >= 15 is 0 Å². The second-order valence-corrected chi connectivity index (χ2v) is 5.78. The number of aliphatic hydroxyl groups is 1. The van der Waals surface area contributed by atoms with Gasteiger partial charge in [-0.2, -0.15) is 0 Å². The molecule has 0 aromatic heterocycles. The van der Waals surface area contributed by atoms with Crippen molar-refractivity contribution < 1.29 is 14.6 Å². The van der Waals surface area contributed by atoms with Crippen LogP contribution in [0.4, 0.5) is 4.79 Å². The molecule has 1 saturated heterocycles. The fourth-order valence-electron chi connectivity index (χ4n) is 2.50. The first-order chi connectivity index (χ1) is 10.0. The molecule has 2 atom stereocenters. The zero-order chi connectivity index (χ0) is 15.2. The van der Waals surface area contributed by atoms with Gasteiger partial charge in [-0.05, 0) is 11.5 Å². The molecule has 1 aliphatic rings. The van der Waals surface area contributed by atoms with Gasteiger partial charge >= 0.3 is 6.09 Å². The SMILES string of the molecule is C[C](C)CN1C[C@H](NC(=O)OCc2ccccc2)[C@@H](O)C1. The number of hydrogen-bond donors (Lipinski definition) is 2. The van der Waals surface area contributed by atoms with Crippen LogP contribution in [-0.2, 0) is 11.3 Å². The largest absolute Gasteiger partial charge is 0.445 e. The van der Waals surface area contributed by atoms with Crippen LogP contribution in [0.15, 0.2) is 30.3 Å². The summed E-state index contributed by atoms with van der Waals surface area (Å²) in [6.07, 6.45) is -1.03. The summed E-state index contributed by atoms with van der Waals surface area (Å²) in [4.78, 5) is 13.9. The van der Waals surface area contributed by atoms with Gasteiger partial charge in [-0.3, -0.25) is 4.90 Å². The van der Waals surface area contributed by atoms with Crippen molar-refractivity contribution in [1.82, 2.24) is 10.2 Å². The molecule has 0 unspecified atom stereocenters. The van der Waals surface area contributed by atoms with Gasteiger partial charge in [-0.1, -0.05) is 44.2 Å². The van der Waals surface area contributed by atoms with Crippen molar-refractivity contribution in [2.75, 3.05) is 19.6 Å². The molecule has 0 bridgehead atoms. The molecule has 1 heterocycles. The van der Waals surface area contributed by atoms with E-state index in [4.69, 9.17) is 4.74 Å². The maximum absolute atomic E-state index is 11.8. The van der Waals surface area contributed by atoms with Crippen LogP contribution < -0.4 is 5.32 Å². The zero-order valence-corrected chi connectivity index (χ0v) is 12.6. The lowest BCUT2D eigenvalue weighted by atomic mass is 10.2. The normalized spacial score (nSPS) is 22.5. The molecule has 1 aliphatic heterocycles. The first kappa shape index (κ1) is 15.8. The van der Waals surface area contributed by atoms with Crippen molar-refractivity contribution in [2.45, 2.75) is 32.6 Å². The Morgan fingerprint density at radius 3 is 2.71 bits per heavy atom. The van der Waals surface area contributed by atoms with E-state index < -0.39 is 12.2 Å². The molecule has 0 aliphatic carbocycles. The van der Waals surface area contributed by atoms with Crippen LogP contribution in [0.25, 0.3) is 0 Å². The molecule has 115 valence electrons. The number of ether oxygens (including phenoxy) is 1. The second-order valence-electron chi connectivity index (χ2n) is 5.78. The number of hydrogen-bond acceptors (Lipinski definition) is 4. The third kappa shape index (κ3) is 5.02. The van der Waals surface area contributed by atoms with Gasteiger partial charge < -0.3 is 15.2 Å². The second kappa shape index (κ2) is 7.43. The summed E-state index contributed by atoms with van der Waals surface area (Å²) in [5.41, 5.74) is 0.942.